The zero-order valence-corrected chi connectivity index (χ0v) is 12.1. The number of hydrogen-bond donors (Lipinski definition) is 1. The van der Waals surface area contributed by atoms with Crippen LogP contribution < -0.4 is 14.8 Å². The summed E-state index contributed by atoms with van der Waals surface area (Å²) in [5, 5.41) is 8.28. The fourth-order valence-corrected chi connectivity index (χ4v) is 2.24. The average molecular weight is 277 g/mol. The molecule has 0 aromatic heterocycles. The SMILES string of the molecule is CNC(=O)N1N=Cc2cc(OC)c(OC)cc2C[C@@H]1C. The molecule has 1 atom stereocenters. The van der Waals surface area contributed by atoms with Crippen LogP contribution in [0.3, 0.4) is 0 Å². The van der Waals surface area contributed by atoms with Gasteiger partial charge in [-0.25, -0.2) is 9.80 Å². The third-order valence-corrected chi connectivity index (χ3v) is 3.32. The van der Waals surface area contributed by atoms with Gasteiger partial charge in [0, 0.05) is 12.6 Å². The number of nitrogens with one attached hydrogen (secondary N) is 1. The van der Waals surface area contributed by atoms with E-state index in [2.05, 4.69) is 10.4 Å². The van der Waals surface area contributed by atoms with Crippen molar-refractivity contribution >= 4 is 12.2 Å². The summed E-state index contributed by atoms with van der Waals surface area (Å²) in [6, 6.07) is 3.55. The molecule has 1 aromatic rings. The van der Waals surface area contributed by atoms with E-state index in [1.165, 1.54) is 5.01 Å². The standard InChI is InChI=1S/C14H19N3O3/c1-9-5-10-6-12(19-3)13(20-4)7-11(10)8-16-17(9)14(18)15-2/h6-9H,5H2,1-4H3,(H,15,18)/t9-/m0/s1. The van der Waals surface area contributed by atoms with E-state index in [-0.39, 0.29) is 12.1 Å². The van der Waals surface area contributed by atoms with Crippen molar-refractivity contribution in [3.8, 4) is 11.5 Å². The minimum atomic E-state index is -0.222. The Morgan fingerprint density at radius 1 is 1.35 bits per heavy atom. The van der Waals surface area contributed by atoms with Crippen LogP contribution in [-0.2, 0) is 6.42 Å². The van der Waals surface area contributed by atoms with Crippen LogP contribution >= 0.6 is 0 Å². The molecule has 0 aliphatic carbocycles. The number of hydrogen-bond acceptors (Lipinski definition) is 4. The number of nitrogens with zero attached hydrogens (tertiary/aromatic N) is 2. The number of ether oxygens (including phenoxy) is 2. The van der Waals surface area contributed by atoms with Gasteiger partial charge in [-0.05, 0) is 31.0 Å². The third-order valence-electron chi connectivity index (χ3n) is 3.32. The second-order valence-corrected chi connectivity index (χ2v) is 4.60. The van der Waals surface area contributed by atoms with E-state index in [1.54, 1.807) is 27.5 Å². The molecule has 0 saturated heterocycles. The van der Waals surface area contributed by atoms with Crippen molar-refractivity contribution in [2.75, 3.05) is 21.3 Å². The lowest BCUT2D eigenvalue weighted by Gasteiger charge is -2.22. The Bertz CT molecular complexity index is 543. The molecule has 1 aliphatic heterocycles. The second-order valence-electron chi connectivity index (χ2n) is 4.60. The van der Waals surface area contributed by atoms with Gasteiger partial charge in [-0.2, -0.15) is 5.10 Å². The second kappa shape index (κ2) is 5.81. The first-order valence-electron chi connectivity index (χ1n) is 6.40. The van der Waals surface area contributed by atoms with Gasteiger partial charge >= 0.3 is 6.03 Å². The molecule has 1 N–H and O–H groups in total. The lowest BCUT2D eigenvalue weighted by Crippen LogP contribution is -2.40. The monoisotopic (exact) mass is 277 g/mol. The smallest absolute Gasteiger partial charge is 0.337 e. The van der Waals surface area contributed by atoms with E-state index in [0.29, 0.717) is 17.9 Å². The van der Waals surface area contributed by atoms with Gasteiger partial charge in [0.2, 0.25) is 0 Å². The number of methoxy groups -OCH3 is 2. The first kappa shape index (κ1) is 14.2. The number of urea groups is 1. The van der Waals surface area contributed by atoms with Gasteiger partial charge in [-0.3, -0.25) is 0 Å². The fourth-order valence-electron chi connectivity index (χ4n) is 2.24. The highest BCUT2D eigenvalue weighted by molar-refractivity contribution is 5.85. The molecule has 6 heteroatoms. The molecule has 2 amide bonds. The Kier molecular flexibility index (Phi) is 4.12. The minimum Gasteiger partial charge on any atom is -0.493 e. The molecule has 108 valence electrons. The third kappa shape index (κ3) is 2.54. The van der Waals surface area contributed by atoms with Crippen LogP contribution in [0, 0.1) is 0 Å². The minimum absolute atomic E-state index is 0.0365. The lowest BCUT2D eigenvalue weighted by atomic mass is 10.0. The van der Waals surface area contributed by atoms with E-state index in [1.807, 2.05) is 19.1 Å². The Morgan fingerprint density at radius 3 is 2.60 bits per heavy atom. The summed E-state index contributed by atoms with van der Waals surface area (Å²) in [6.07, 6.45) is 2.37. The van der Waals surface area contributed by atoms with Crippen molar-refractivity contribution in [3.05, 3.63) is 23.3 Å². The molecule has 1 heterocycles. The zero-order valence-electron chi connectivity index (χ0n) is 12.1. The predicted molar refractivity (Wildman–Crippen MR) is 76.6 cm³/mol. The lowest BCUT2D eigenvalue weighted by molar-refractivity contribution is 0.185. The summed E-state index contributed by atoms with van der Waals surface area (Å²) in [5.41, 5.74) is 2.01. The summed E-state index contributed by atoms with van der Waals surface area (Å²) in [6.45, 7) is 1.96. The van der Waals surface area contributed by atoms with Crippen LogP contribution in [0.2, 0.25) is 0 Å². The molecule has 20 heavy (non-hydrogen) atoms. The van der Waals surface area contributed by atoms with Gasteiger partial charge < -0.3 is 14.8 Å². The quantitative estimate of drug-likeness (QED) is 0.893. The van der Waals surface area contributed by atoms with E-state index in [0.717, 1.165) is 11.1 Å². The molecule has 0 spiro atoms. The van der Waals surface area contributed by atoms with E-state index >= 15 is 0 Å². The molecule has 0 fully saturated rings. The fraction of sp³-hybridized carbons (Fsp3) is 0.429. The number of rotatable bonds is 2. The normalized spacial score (nSPS) is 17.2. The Labute approximate surface area is 118 Å². The number of carbonyl (C=O) groups is 1. The maximum Gasteiger partial charge on any atom is 0.337 e. The molecule has 1 aromatic carbocycles. The van der Waals surface area contributed by atoms with Crippen molar-refractivity contribution < 1.29 is 14.3 Å². The van der Waals surface area contributed by atoms with Gasteiger partial charge in [-0.15, -0.1) is 0 Å². The summed E-state index contributed by atoms with van der Waals surface area (Å²) >= 11 is 0. The molecular weight excluding hydrogens is 258 g/mol. The first-order valence-corrected chi connectivity index (χ1v) is 6.40. The van der Waals surface area contributed by atoms with Crippen LogP contribution in [0.15, 0.2) is 17.2 Å². The van der Waals surface area contributed by atoms with E-state index in [9.17, 15) is 4.79 Å². The molecule has 0 saturated carbocycles. The average Bonchev–Trinajstić information content (AvgIpc) is 2.62. The number of amides is 2. The van der Waals surface area contributed by atoms with Crippen LogP contribution in [0.1, 0.15) is 18.1 Å². The van der Waals surface area contributed by atoms with Crippen molar-refractivity contribution in [3.63, 3.8) is 0 Å². The van der Waals surface area contributed by atoms with E-state index in [4.69, 9.17) is 9.47 Å². The number of fused-ring (bicyclic) bond motifs is 1. The van der Waals surface area contributed by atoms with Gasteiger partial charge in [0.15, 0.2) is 11.5 Å². The molecular formula is C14H19N3O3. The van der Waals surface area contributed by atoms with Gasteiger partial charge in [0.05, 0.1) is 26.5 Å². The summed E-state index contributed by atoms with van der Waals surface area (Å²) in [5.74, 6) is 1.33. The number of benzene rings is 1. The summed E-state index contributed by atoms with van der Waals surface area (Å²) in [7, 11) is 4.79. The van der Waals surface area contributed by atoms with Crippen molar-refractivity contribution in [1.29, 1.82) is 0 Å². The predicted octanol–water partition coefficient (Wildman–Crippen LogP) is 1.62. The van der Waals surface area contributed by atoms with Gasteiger partial charge in [0.25, 0.3) is 0 Å². The van der Waals surface area contributed by atoms with Crippen molar-refractivity contribution in [2.45, 2.75) is 19.4 Å². The highest BCUT2D eigenvalue weighted by Gasteiger charge is 2.23. The molecule has 0 radical (unpaired) electrons. The molecule has 6 nitrogen and oxygen atoms in total. The van der Waals surface area contributed by atoms with Crippen molar-refractivity contribution in [2.24, 2.45) is 5.10 Å². The van der Waals surface area contributed by atoms with Crippen LogP contribution in [0.4, 0.5) is 4.79 Å². The Balaban J connectivity index is 2.41. The summed E-state index contributed by atoms with van der Waals surface area (Å²) < 4.78 is 10.6. The maximum absolute atomic E-state index is 11.8. The maximum atomic E-state index is 11.8. The first-order chi connectivity index (χ1) is 9.60. The van der Waals surface area contributed by atoms with Crippen LogP contribution in [0.25, 0.3) is 0 Å². The van der Waals surface area contributed by atoms with Crippen LogP contribution in [0.5, 0.6) is 11.5 Å². The molecule has 0 unspecified atom stereocenters. The largest absolute Gasteiger partial charge is 0.493 e. The molecule has 2 rings (SSSR count). The summed E-state index contributed by atoms with van der Waals surface area (Å²) in [4.78, 5) is 11.8. The van der Waals surface area contributed by atoms with Gasteiger partial charge in [-0.1, -0.05) is 0 Å². The van der Waals surface area contributed by atoms with Crippen LogP contribution in [-0.4, -0.2) is 44.6 Å². The number of hydrazone groups is 1. The topological polar surface area (TPSA) is 63.2 Å². The Morgan fingerprint density at radius 2 is 2.00 bits per heavy atom. The van der Waals surface area contributed by atoms with Gasteiger partial charge in [0.1, 0.15) is 0 Å². The molecule has 0 bridgehead atoms. The zero-order chi connectivity index (χ0) is 14.7. The van der Waals surface area contributed by atoms with Crippen molar-refractivity contribution in [1.82, 2.24) is 10.3 Å². The highest BCUT2D eigenvalue weighted by atomic mass is 16.5. The Hall–Kier alpha value is -2.24. The van der Waals surface area contributed by atoms with E-state index < -0.39 is 0 Å². The highest BCUT2D eigenvalue weighted by Crippen LogP contribution is 2.31. The number of carbonyl (C=O) groups excluding carboxylic acids is 1. The molecule has 1 aliphatic rings.